The van der Waals surface area contributed by atoms with Gasteiger partial charge in [-0.2, -0.15) is 0 Å². The zero-order chi connectivity index (χ0) is 11.5. The van der Waals surface area contributed by atoms with Crippen molar-refractivity contribution in [2.24, 2.45) is 0 Å². The first-order valence-electron chi connectivity index (χ1n) is 5.35. The van der Waals surface area contributed by atoms with Gasteiger partial charge in [0.25, 0.3) is 0 Å². The van der Waals surface area contributed by atoms with Gasteiger partial charge in [0.05, 0.1) is 26.2 Å². The highest BCUT2D eigenvalue weighted by Gasteiger charge is 2.28. The van der Waals surface area contributed by atoms with Crippen LogP contribution >= 0.6 is 0 Å². The second kappa shape index (κ2) is 4.86. The van der Waals surface area contributed by atoms with Crippen molar-refractivity contribution in [1.82, 2.24) is 5.32 Å². The Morgan fingerprint density at radius 1 is 1.67 bits per heavy atom. The van der Waals surface area contributed by atoms with Gasteiger partial charge in [-0.1, -0.05) is 6.92 Å². The van der Waals surface area contributed by atoms with Crippen molar-refractivity contribution in [3.05, 3.63) is 7.05 Å². The molecule has 0 aromatic heterocycles. The molecule has 0 amide bonds. The van der Waals surface area contributed by atoms with E-state index in [4.69, 9.17) is 7.05 Å². The van der Waals surface area contributed by atoms with Crippen molar-refractivity contribution in [1.29, 1.82) is 0 Å². The van der Waals surface area contributed by atoms with Gasteiger partial charge in [-0.25, -0.2) is 0 Å². The zero-order valence-electron chi connectivity index (χ0n) is 9.45. The molecule has 4 heteroatoms. The third-order valence-electron chi connectivity index (χ3n) is 2.75. The van der Waals surface area contributed by atoms with Gasteiger partial charge in [-0.15, -0.1) is 0 Å². The van der Waals surface area contributed by atoms with E-state index in [0.29, 0.717) is 25.9 Å². The number of rotatable bonds is 2. The standard InChI is InChI=1S/C11H19N2O2/c1-4-11(15)10-5-6-13(2,3)8-9(14)7-12-10/h2,10,12H,4-8H2,1,3H3/q+1. The monoisotopic (exact) mass is 211 g/mol. The van der Waals surface area contributed by atoms with Gasteiger partial charge >= 0.3 is 0 Å². The normalized spacial score (nSPS) is 26.9. The molecular weight excluding hydrogens is 192 g/mol. The Hall–Kier alpha value is -0.740. The molecule has 0 aromatic carbocycles. The average molecular weight is 211 g/mol. The van der Waals surface area contributed by atoms with Crippen molar-refractivity contribution in [2.45, 2.75) is 25.8 Å². The summed E-state index contributed by atoms with van der Waals surface area (Å²) in [4.78, 5) is 23.0. The van der Waals surface area contributed by atoms with Crippen LogP contribution < -0.4 is 5.32 Å². The van der Waals surface area contributed by atoms with Gasteiger partial charge in [0.1, 0.15) is 12.3 Å². The first kappa shape index (κ1) is 12.3. The topological polar surface area (TPSA) is 46.2 Å². The lowest BCUT2D eigenvalue weighted by Gasteiger charge is -2.31. The summed E-state index contributed by atoms with van der Waals surface area (Å²) in [6.45, 7) is 3.07. The van der Waals surface area contributed by atoms with E-state index in [0.717, 1.165) is 0 Å². The third kappa shape index (κ3) is 3.72. The highest BCUT2D eigenvalue weighted by atomic mass is 16.1. The molecule has 15 heavy (non-hydrogen) atoms. The van der Waals surface area contributed by atoms with E-state index in [1.54, 1.807) is 0 Å². The molecule has 0 spiro atoms. The molecule has 0 saturated carbocycles. The molecule has 2 unspecified atom stereocenters. The van der Waals surface area contributed by atoms with Crippen LogP contribution in [-0.4, -0.2) is 48.8 Å². The highest BCUT2D eigenvalue weighted by Crippen LogP contribution is 2.08. The van der Waals surface area contributed by atoms with Crippen LogP contribution in [0.5, 0.6) is 0 Å². The van der Waals surface area contributed by atoms with Crippen LogP contribution in [0.4, 0.5) is 0 Å². The molecule has 1 rings (SSSR count). The Bertz CT molecular complexity index is 261. The number of carbonyl (C=O) groups is 2. The Balaban J connectivity index is 2.65. The molecule has 1 fully saturated rings. The highest BCUT2D eigenvalue weighted by molar-refractivity contribution is 5.86. The number of nitrogens with zero attached hydrogens (tertiary/aromatic N) is 1. The minimum absolute atomic E-state index is 0.0635. The number of ketones is 2. The Labute approximate surface area is 91.2 Å². The summed E-state index contributed by atoms with van der Waals surface area (Å²) in [5.41, 5.74) is 0. The number of hydrogen-bond acceptors (Lipinski definition) is 3. The minimum Gasteiger partial charge on any atom is -0.307 e. The summed E-state index contributed by atoms with van der Waals surface area (Å²) in [5.74, 6) is 0.221. The average Bonchev–Trinajstić information content (AvgIpc) is 2.14. The van der Waals surface area contributed by atoms with Crippen molar-refractivity contribution in [3.8, 4) is 0 Å². The van der Waals surface area contributed by atoms with Crippen LogP contribution in [0.15, 0.2) is 0 Å². The Morgan fingerprint density at radius 2 is 2.33 bits per heavy atom. The Kier molecular flexibility index (Phi) is 3.99. The predicted molar refractivity (Wildman–Crippen MR) is 56.9 cm³/mol. The fourth-order valence-electron chi connectivity index (χ4n) is 1.82. The number of quaternary nitrogens is 1. The third-order valence-corrected chi connectivity index (χ3v) is 2.75. The lowest BCUT2D eigenvalue weighted by atomic mass is 10.0. The van der Waals surface area contributed by atoms with Crippen molar-refractivity contribution in [3.63, 3.8) is 0 Å². The molecule has 0 aromatic rings. The van der Waals surface area contributed by atoms with Gasteiger partial charge in [0.15, 0.2) is 0 Å². The number of Topliss-reactive ketones (excluding diaryl/α,β-unsaturated/α-hetero) is 2. The van der Waals surface area contributed by atoms with Gasteiger partial charge in [-0.3, -0.25) is 9.59 Å². The summed E-state index contributed by atoms with van der Waals surface area (Å²) in [5, 5.41) is 3.00. The maximum Gasteiger partial charge on any atom is 0.206 e. The smallest absolute Gasteiger partial charge is 0.206 e. The van der Waals surface area contributed by atoms with Crippen molar-refractivity contribution < 1.29 is 14.1 Å². The van der Waals surface area contributed by atoms with E-state index < -0.39 is 0 Å². The van der Waals surface area contributed by atoms with E-state index in [-0.39, 0.29) is 28.6 Å². The number of hydrogen-bond donors (Lipinski definition) is 1. The number of likely N-dealkylation sites (N-methyl/N-ethyl adjacent to an activating group) is 1. The van der Waals surface area contributed by atoms with Crippen LogP contribution in [0.25, 0.3) is 0 Å². The lowest BCUT2D eigenvalue weighted by molar-refractivity contribution is -0.858. The second-order valence-electron chi connectivity index (χ2n) is 4.44. The van der Waals surface area contributed by atoms with Crippen LogP contribution in [0.3, 0.4) is 0 Å². The molecule has 1 N–H and O–H groups in total. The van der Waals surface area contributed by atoms with Gasteiger partial charge in [0, 0.05) is 12.8 Å². The molecule has 2 atom stereocenters. The van der Waals surface area contributed by atoms with Crippen LogP contribution in [0.2, 0.25) is 0 Å². The van der Waals surface area contributed by atoms with Crippen molar-refractivity contribution >= 4 is 11.6 Å². The molecule has 1 aliphatic rings. The quantitative estimate of drug-likeness (QED) is 0.655. The zero-order valence-corrected chi connectivity index (χ0v) is 9.45. The van der Waals surface area contributed by atoms with Crippen molar-refractivity contribution in [2.75, 3.05) is 26.7 Å². The molecule has 2 radical (unpaired) electrons. The summed E-state index contributed by atoms with van der Waals surface area (Å²) < 4.78 is 0.188. The second-order valence-corrected chi connectivity index (χ2v) is 4.44. The minimum atomic E-state index is -0.208. The van der Waals surface area contributed by atoms with Crippen LogP contribution in [-0.2, 0) is 9.59 Å². The number of carbonyl (C=O) groups excluding carboxylic acids is 2. The first-order valence-corrected chi connectivity index (χ1v) is 5.35. The van der Waals surface area contributed by atoms with E-state index in [1.807, 2.05) is 14.0 Å². The molecule has 1 heterocycles. The Morgan fingerprint density at radius 3 is 2.93 bits per heavy atom. The lowest BCUT2D eigenvalue weighted by Crippen LogP contribution is -2.52. The maximum absolute atomic E-state index is 11.5. The van der Waals surface area contributed by atoms with Gasteiger partial charge in [0.2, 0.25) is 12.8 Å². The molecule has 1 aliphatic heterocycles. The van der Waals surface area contributed by atoms with Gasteiger partial charge in [-0.05, 0) is 0 Å². The van der Waals surface area contributed by atoms with Crippen LogP contribution in [0.1, 0.15) is 19.8 Å². The van der Waals surface area contributed by atoms with E-state index in [2.05, 4.69) is 5.32 Å². The van der Waals surface area contributed by atoms with E-state index in [1.165, 1.54) is 0 Å². The van der Waals surface area contributed by atoms with E-state index >= 15 is 0 Å². The van der Waals surface area contributed by atoms with E-state index in [9.17, 15) is 9.59 Å². The predicted octanol–water partition coefficient (Wildman–Crippen LogP) is 0.0117. The SMILES string of the molecule is [CH][N+]1(C)CCC(C(=O)CC)NCC(=O)C1. The molecule has 4 nitrogen and oxygen atoms in total. The molecule has 1 saturated heterocycles. The summed E-state index contributed by atoms with van der Waals surface area (Å²) in [6, 6.07) is -0.208. The summed E-state index contributed by atoms with van der Waals surface area (Å²) in [6.07, 6.45) is 1.20. The summed E-state index contributed by atoms with van der Waals surface area (Å²) >= 11 is 0. The molecular formula is C11H19N2O2+. The first-order chi connectivity index (χ1) is 6.94. The van der Waals surface area contributed by atoms with Crippen LogP contribution in [0, 0.1) is 7.05 Å². The molecule has 0 aliphatic carbocycles. The maximum atomic E-state index is 11.5. The molecule has 84 valence electrons. The van der Waals surface area contributed by atoms with Gasteiger partial charge < -0.3 is 9.80 Å². The number of nitrogens with one attached hydrogen (secondary N) is 1. The molecule has 0 bridgehead atoms. The largest absolute Gasteiger partial charge is 0.307 e. The fraction of sp³-hybridized carbons (Fsp3) is 0.727. The fourth-order valence-corrected chi connectivity index (χ4v) is 1.82. The summed E-state index contributed by atoms with van der Waals surface area (Å²) in [7, 11) is 7.74.